The molecule has 31 heavy (non-hydrogen) atoms. The van der Waals surface area contributed by atoms with E-state index in [1.54, 1.807) is 37.5 Å². The molecule has 1 N–H and O–H groups in total. The largest absolute Gasteiger partial charge is 0.462 e. The van der Waals surface area contributed by atoms with Gasteiger partial charge in [-0.1, -0.05) is 18.7 Å². The molecule has 4 rings (SSSR count). The van der Waals surface area contributed by atoms with Crippen molar-refractivity contribution in [3.8, 4) is 0 Å². The van der Waals surface area contributed by atoms with Crippen LogP contribution >= 0.6 is 11.8 Å². The fourth-order valence-electron chi connectivity index (χ4n) is 3.27. The Morgan fingerprint density at radius 3 is 2.68 bits per heavy atom. The molecule has 0 unspecified atom stereocenters. The van der Waals surface area contributed by atoms with E-state index in [1.165, 1.54) is 11.8 Å². The second-order valence-corrected chi connectivity index (χ2v) is 8.14. The number of carbonyl (C=O) groups excluding carboxylic acids is 2. The molecule has 0 aliphatic heterocycles. The van der Waals surface area contributed by atoms with Gasteiger partial charge in [0.1, 0.15) is 17.1 Å². The zero-order chi connectivity index (χ0) is 22.0. The highest BCUT2D eigenvalue weighted by molar-refractivity contribution is 8.00. The third kappa shape index (κ3) is 4.27. The van der Waals surface area contributed by atoms with Crippen LogP contribution in [0.2, 0.25) is 0 Å². The molecular weight excluding hydrogens is 416 g/mol. The van der Waals surface area contributed by atoms with Gasteiger partial charge in [-0.05, 0) is 44.5 Å². The second kappa shape index (κ2) is 8.81. The summed E-state index contributed by atoms with van der Waals surface area (Å²) in [6.07, 6.45) is 2.25. The molecule has 0 aliphatic rings. The summed E-state index contributed by atoms with van der Waals surface area (Å²) >= 11 is 1.36. The first-order valence-electron chi connectivity index (χ1n) is 9.97. The second-order valence-electron chi connectivity index (χ2n) is 6.94. The van der Waals surface area contributed by atoms with E-state index in [4.69, 9.17) is 9.15 Å². The summed E-state index contributed by atoms with van der Waals surface area (Å²) in [4.78, 5) is 24.6. The molecule has 1 amide bonds. The molecule has 8 nitrogen and oxygen atoms in total. The third-order valence-electron chi connectivity index (χ3n) is 4.77. The van der Waals surface area contributed by atoms with E-state index < -0.39 is 0 Å². The number of benzene rings is 1. The van der Waals surface area contributed by atoms with Crippen LogP contribution in [0.4, 0.5) is 5.69 Å². The van der Waals surface area contributed by atoms with E-state index in [0.29, 0.717) is 29.3 Å². The van der Waals surface area contributed by atoms with Crippen molar-refractivity contribution in [3.05, 3.63) is 54.0 Å². The molecular formula is C22H22N4O4S. The Hall–Kier alpha value is -3.33. The van der Waals surface area contributed by atoms with Crippen molar-refractivity contribution in [1.29, 1.82) is 0 Å². The molecule has 0 aliphatic carbocycles. The number of furan rings is 1. The van der Waals surface area contributed by atoms with Crippen LogP contribution in [-0.4, -0.2) is 38.3 Å². The van der Waals surface area contributed by atoms with Gasteiger partial charge >= 0.3 is 5.97 Å². The van der Waals surface area contributed by atoms with Gasteiger partial charge in [-0.15, -0.1) is 10.2 Å². The highest BCUT2D eigenvalue weighted by Crippen LogP contribution is 2.32. The zero-order valence-electron chi connectivity index (χ0n) is 17.4. The Kier molecular flexibility index (Phi) is 5.94. The van der Waals surface area contributed by atoms with Crippen LogP contribution in [0, 0.1) is 6.92 Å². The monoisotopic (exact) mass is 438 g/mol. The summed E-state index contributed by atoms with van der Waals surface area (Å²) in [6.45, 7) is 5.91. The van der Waals surface area contributed by atoms with Crippen molar-refractivity contribution in [2.45, 2.75) is 37.5 Å². The lowest BCUT2D eigenvalue weighted by molar-refractivity contribution is -0.115. The molecule has 1 aromatic carbocycles. The number of ether oxygens (including phenoxy) is 1. The zero-order valence-corrected chi connectivity index (χ0v) is 18.2. The van der Waals surface area contributed by atoms with Crippen molar-refractivity contribution < 1.29 is 18.7 Å². The number of thioether (sulfide) groups is 1. The number of fused-ring (bicyclic) bond motifs is 3. The minimum atomic E-state index is -0.387. The summed E-state index contributed by atoms with van der Waals surface area (Å²) in [5.41, 5.74) is 3.57. The summed E-state index contributed by atoms with van der Waals surface area (Å²) < 4.78 is 12.6. The van der Waals surface area contributed by atoms with Crippen LogP contribution in [0.15, 0.2) is 52.2 Å². The van der Waals surface area contributed by atoms with E-state index in [2.05, 4.69) is 15.5 Å². The van der Waals surface area contributed by atoms with Crippen molar-refractivity contribution in [2.75, 3.05) is 11.9 Å². The first kappa shape index (κ1) is 20.9. The molecule has 160 valence electrons. The van der Waals surface area contributed by atoms with Gasteiger partial charge in [-0.25, -0.2) is 4.79 Å². The highest BCUT2D eigenvalue weighted by Gasteiger charge is 2.22. The lowest BCUT2D eigenvalue weighted by Crippen LogP contribution is -2.24. The third-order valence-corrected chi connectivity index (χ3v) is 6.11. The van der Waals surface area contributed by atoms with E-state index in [1.807, 2.05) is 30.4 Å². The number of nitrogens with zero attached hydrogens (tertiary/aromatic N) is 3. The topological polar surface area (TPSA) is 98.7 Å². The summed E-state index contributed by atoms with van der Waals surface area (Å²) in [6, 6.07) is 10.5. The van der Waals surface area contributed by atoms with E-state index in [0.717, 1.165) is 22.4 Å². The maximum absolute atomic E-state index is 12.9. The van der Waals surface area contributed by atoms with Gasteiger partial charge in [-0.2, -0.15) is 0 Å². The molecule has 0 saturated heterocycles. The maximum Gasteiger partial charge on any atom is 0.338 e. The Morgan fingerprint density at radius 2 is 1.97 bits per heavy atom. The van der Waals surface area contributed by atoms with Crippen LogP contribution in [0.1, 0.15) is 36.4 Å². The van der Waals surface area contributed by atoms with E-state index >= 15 is 0 Å². The molecule has 4 aromatic rings. The van der Waals surface area contributed by atoms with Crippen LogP contribution in [-0.2, 0) is 9.53 Å². The SMILES string of the molecule is CCOC(=O)c1ccc(NC(=O)[C@@H](CC)Sc2nncn3c2cc2oc(C)cc23)cc1. The van der Waals surface area contributed by atoms with Crippen molar-refractivity contribution in [1.82, 2.24) is 14.6 Å². The summed E-state index contributed by atoms with van der Waals surface area (Å²) in [5, 5.41) is 11.5. The molecule has 0 bridgehead atoms. The quantitative estimate of drug-likeness (QED) is 0.336. The number of aromatic nitrogens is 3. The van der Waals surface area contributed by atoms with E-state index in [-0.39, 0.29) is 17.1 Å². The van der Waals surface area contributed by atoms with Crippen LogP contribution in [0.3, 0.4) is 0 Å². The Labute approximate surface area is 183 Å². The van der Waals surface area contributed by atoms with Crippen molar-refractivity contribution in [2.24, 2.45) is 0 Å². The number of amides is 1. The Balaban J connectivity index is 1.51. The normalized spacial score (nSPS) is 12.2. The number of esters is 1. The predicted octanol–water partition coefficient (Wildman–Crippen LogP) is 4.47. The maximum atomic E-state index is 12.9. The highest BCUT2D eigenvalue weighted by atomic mass is 32.2. The standard InChI is InChI=1S/C22H22N4O4S/c1-4-19(20(27)24-15-8-6-14(7-9-15)22(28)29-5-2)31-21-17-11-18-16(10-13(3)30-18)26(17)12-23-25-21/h6-12,19H,4-5H2,1-3H3,(H,24,27)/t19-/m1/s1. The van der Waals surface area contributed by atoms with Gasteiger partial charge in [0.15, 0.2) is 5.58 Å². The molecule has 0 spiro atoms. The van der Waals surface area contributed by atoms with Crippen LogP contribution in [0.25, 0.3) is 16.6 Å². The fourth-order valence-corrected chi connectivity index (χ4v) is 4.25. The van der Waals surface area contributed by atoms with Gasteiger partial charge in [0, 0.05) is 17.8 Å². The fraction of sp³-hybridized carbons (Fsp3) is 0.273. The number of aryl methyl sites for hydroxylation is 1. The predicted molar refractivity (Wildman–Crippen MR) is 118 cm³/mol. The van der Waals surface area contributed by atoms with E-state index in [9.17, 15) is 9.59 Å². The number of hydrogen-bond donors (Lipinski definition) is 1. The number of nitrogens with one attached hydrogen (secondary N) is 1. The molecule has 9 heteroatoms. The van der Waals surface area contributed by atoms with Gasteiger partial charge in [0.25, 0.3) is 0 Å². The average Bonchev–Trinajstić information content (AvgIpc) is 3.29. The lowest BCUT2D eigenvalue weighted by atomic mass is 10.2. The molecule has 0 saturated carbocycles. The number of rotatable bonds is 7. The van der Waals surface area contributed by atoms with Crippen LogP contribution < -0.4 is 5.32 Å². The smallest absolute Gasteiger partial charge is 0.338 e. The minimum absolute atomic E-state index is 0.147. The number of anilines is 1. The van der Waals surface area contributed by atoms with Crippen molar-refractivity contribution >= 4 is 45.9 Å². The van der Waals surface area contributed by atoms with Gasteiger partial charge < -0.3 is 14.5 Å². The minimum Gasteiger partial charge on any atom is -0.462 e. The average molecular weight is 439 g/mol. The molecule has 3 aromatic heterocycles. The molecule has 0 fully saturated rings. The van der Waals surface area contributed by atoms with Gasteiger partial charge in [-0.3, -0.25) is 9.20 Å². The first-order valence-corrected chi connectivity index (χ1v) is 10.9. The molecule has 0 radical (unpaired) electrons. The van der Waals surface area contributed by atoms with Gasteiger partial charge in [0.2, 0.25) is 5.91 Å². The molecule has 3 heterocycles. The Morgan fingerprint density at radius 1 is 1.19 bits per heavy atom. The number of carbonyl (C=O) groups is 2. The molecule has 1 atom stereocenters. The number of hydrogen-bond acceptors (Lipinski definition) is 7. The van der Waals surface area contributed by atoms with Crippen molar-refractivity contribution in [3.63, 3.8) is 0 Å². The van der Waals surface area contributed by atoms with Crippen LogP contribution in [0.5, 0.6) is 0 Å². The summed E-state index contributed by atoms with van der Waals surface area (Å²) in [5.74, 6) is 0.290. The summed E-state index contributed by atoms with van der Waals surface area (Å²) in [7, 11) is 0. The Bertz CT molecular complexity index is 1250. The lowest BCUT2D eigenvalue weighted by Gasteiger charge is -2.14. The first-order chi connectivity index (χ1) is 15.0. The van der Waals surface area contributed by atoms with Gasteiger partial charge in [0.05, 0.1) is 28.5 Å².